The van der Waals surface area contributed by atoms with Gasteiger partial charge in [0, 0.05) is 13.1 Å². The van der Waals surface area contributed by atoms with Gasteiger partial charge in [0.05, 0.1) is 29.5 Å². The summed E-state index contributed by atoms with van der Waals surface area (Å²) in [5, 5.41) is 9.90. The molecule has 0 unspecified atom stereocenters. The van der Waals surface area contributed by atoms with Gasteiger partial charge in [-0.15, -0.1) is 10.2 Å². The Labute approximate surface area is 201 Å². The second kappa shape index (κ2) is 9.50. The Bertz CT molecular complexity index is 1420. The van der Waals surface area contributed by atoms with Crippen LogP contribution in [0, 0.1) is 6.92 Å². The van der Waals surface area contributed by atoms with Crippen molar-refractivity contribution < 1.29 is 9.53 Å². The third kappa shape index (κ3) is 4.04. The molecular formula is C25H27N5O3S. The van der Waals surface area contributed by atoms with Crippen LogP contribution in [0.3, 0.4) is 0 Å². The molecule has 4 aromatic rings. The molecule has 3 heterocycles. The molecule has 8 nitrogen and oxygen atoms in total. The zero-order valence-corrected chi connectivity index (χ0v) is 20.2. The van der Waals surface area contributed by atoms with E-state index in [1.807, 2.05) is 52.6 Å². The largest absolute Gasteiger partial charge is 0.495 e. The molecule has 1 aliphatic heterocycles. The molecule has 0 radical (unpaired) electrons. The molecule has 1 fully saturated rings. The number of fused-ring (bicyclic) bond motifs is 3. The molecule has 1 saturated heterocycles. The molecule has 0 aliphatic carbocycles. The molecule has 1 aliphatic rings. The van der Waals surface area contributed by atoms with E-state index in [1.165, 1.54) is 24.6 Å². The van der Waals surface area contributed by atoms with Gasteiger partial charge in [-0.3, -0.25) is 14.0 Å². The Morgan fingerprint density at radius 1 is 1.06 bits per heavy atom. The Kier molecular flexibility index (Phi) is 6.28. The van der Waals surface area contributed by atoms with E-state index in [-0.39, 0.29) is 17.2 Å². The van der Waals surface area contributed by atoms with Gasteiger partial charge >= 0.3 is 0 Å². The topological polar surface area (TPSA) is 81.7 Å². The zero-order valence-electron chi connectivity index (χ0n) is 19.4. The molecule has 0 spiro atoms. The Morgan fingerprint density at radius 2 is 1.82 bits per heavy atom. The number of ether oxygens (including phenoxy) is 1. The molecule has 0 saturated carbocycles. The summed E-state index contributed by atoms with van der Waals surface area (Å²) in [6.07, 6.45) is 4.47. The number of carbonyl (C=O) groups is 1. The van der Waals surface area contributed by atoms with Crippen molar-refractivity contribution >= 4 is 34.3 Å². The summed E-state index contributed by atoms with van der Waals surface area (Å²) in [6.45, 7) is 3.59. The van der Waals surface area contributed by atoms with Crippen LogP contribution in [0.4, 0.5) is 0 Å². The number of thioether (sulfide) groups is 1. The van der Waals surface area contributed by atoms with E-state index in [1.54, 1.807) is 17.7 Å². The second-order valence-electron chi connectivity index (χ2n) is 8.53. The van der Waals surface area contributed by atoms with Gasteiger partial charge in [-0.1, -0.05) is 42.8 Å². The summed E-state index contributed by atoms with van der Waals surface area (Å²) in [7, 11) is 1.58. The van der Waals surface area contributed by atoms with Crippen LogP contribution in [-0.2, 0) is 4.79 Å². The van der Waals surface area contributed by atoms with Crippen LogP contribution in [0.2, 0.25) is 0 Å². The molecule has 0 N–H and O–H groups in total. The molecule has 2 aromatic heterocycles. The van der Waals surface area contributed by atoms with Crippen molar-refractivity contribution in [3.63, 3.8) is 0 Å². The maximum atomic E-state index is 13.6. The number of likely N-dealkylation sites (tertiary alicyclic amines) is 1. The maximum absolute atomic E-state index is 13.6. The average molecular weight is 478 g/mol. The van der Waals surface area contributed by atoms with Crippen LogP contribution >= 0.6 is 11.8 Å². The number of amides is 1. The number of aryl methyl sites for hydroxylation is 1. The summed E-state index contributed by atoms with van der Waals surface area (Å²) in [4.78, 5) is 28.4. The number of rotatable bonds is 5. The van der Waals surface area contributed by atoms with Crippen molar-refractivity contribution in [2.24, 2.45) is 0 Å². The third-order valence-corrected chi connectivity index (χ3v) is 7.17. The normalized spacial score (nSPS) is 14.5. The van der Waals surface area contributed by atoms with Crippen LogP contribution in [0.1, 0.15) is 31.2 Å². The zero-order chi connectivity index (χ0) is 23.7. The fourth-order valence-corrected chi connectivity index (χ4v) is 5.34. The lowest BCUT2D eigenvalue weighted by Crippen LogP contribution is -2.33. The molecule has 34 heavy (non-hydrogen) atoms. The van der Waals surface area contributed by atoms with Gasteiger partial charge in [0.1, 0.15) is 5.75 Å². The van der Waals surface area contributed by atoms with Gasteiger partial charge in [0.2, 0.25) is 11.7 Å². The number of aromatic nitrogens is 4. The number of hydrogen-bond acceptors (Lipinski definition) is 6. The van der Waals surface area contributed by atoms with E-state index in [0.717, 1.165) is 31.5 Å². The summed E-state index contributed by atoms with van der Waals surface area (Å²) in [6, 6.07) is 13.1. The Morgan fingerprint density at radius 3 is 2.59 bits per heavy atom. The predicted molar refractivity (Wildman–Crippen MR) is 133 cm³/mol. The number of methoxy groups -OCH3 is 1. The number of para-hydroxylation sites is 1. The SMILES string of the molecule is COc1ccc(C)cc1-n1c(=O)c2ccccc2n2c(SCC(=O)N3CCCCCC3)nnc12. The first-order valence-corrected chi connectivity index (χ1v) is 12.5. The van der Waals surface area contributed by atoms with E-state index in [0.29, 0.717) is 33.3 Å². The van der Waals surface area contributed by atoms with Crippen LogP contribution < -0.4 is 10.3 Å². The van der Waals surface area contributed by atoms with Crippen LogP contribution in [-0.4, -0.2) is 55.9 Å². The highest BCUT2D eigenvalue weighted by Crippen LogP contribution is 2.28. The molecule has 5 rings (SSSR count). The first-order chi connectivity index (χ1) is 16.6. The minimum absolute atomic E-state index is 0.113. The van der Waals surface area contributed by atoms with Crippen molar-refractivity contribution in [1.82, 2.24) is 24.1 Å². The van der Waals surface area contributed by atoms with Crippen molar-refractivity contribution in [3.8, 4) is 11.4 Å². The minimum Gasteiger partial charge on any atom is -0.495 e. The van der Waals surface area contributed by atoms with E-state index in [9.17, 15) is 9.59 Å². The van der Waals surface area contributed by atoms with Gasteiger partial charge in [-0.2, -0.15) is 0 Å². The number of carbonyl (C=O) groups excluding carboxylic acids is 1. The molecule has 9 heteroatoms. The molecular weight excluding hydrogens is 450 g/mol. The summed E-state index contributed by atoms with van der Waals surface area (Å²) in [5.41, 5.74) is 2.11. The fraction of sp³-hybridized carbons (Fsp3) is 0.360. The summed E-state index contributed by atoms with van der Waals surface area (Å²) in [5.74, 6) is 1.35. The van der Waals surface area contributed by atoms with Crippen molar-refractivity contribution in [3.05, 3.63) is 58.4 Å². The van der Waals surface area contributed by atoms with E-state index < -0.39 is 0 Å². The van der Waals surface area contributed by atoms with Gasteiger partial charge in [0.15, 0.2) is 5.16 Å². The Balaban J connectivity index is 1.62. The molecule has 2 aromatic carbocycles. The monoisotopic (exact) mass is 477 g/mol. The molecule has 0 atom stereocenters. The smallest absolute Gasteiger partial charge is 0.267 e. The van der Waals surface area contributed by atoms with E-state index in [4.69, 9.17) is 4.74 Å². The summed E-state index contributed by atoms with van der Waals surface area (Å²) < 4.78 is 8.96. The summed E-state index contributed by atoms with van der Waals surface area (Å²) >= 11 is 1.35. The average Bonchev–Trinajstić information content (AvgIpc) is 3.07. The highest BCUT2D eigenvalue weighted by Gasteiger charge is 2.22. The van der Waals surface area contributed by atoms with Crippen LogP contribution in [0.5, 0.6) is 5.75 Å². The minimum atomic E-state index is -0.198. The van der Waals surface area contributed by atoms with Gasteiger partial charge in [0.25, 0.3) is 5.56 Å². The van der Waals surface area contributed by atoms with Gasteiger partial charge < -0.3 is 9.64 Å². The standard InChI is InChI=1S/C25H27N5O3S/c1-17-11-12-21(33-2)20(15-17)29-23(32)18-9-5-6-10-19(18)30-24(29)26-27-25(30)34-16-22(31)28-13-7-3-4-8-14-28/h5-6,9-12,15H,3-4,7-8,13-14,16H2,1-2H3. The van der Waals surface area contributed by atoms with Crippen molar-refractivity contribution in [1.29, 1.82) is 0 Å². The molecule has 176 valence electrons. The second-order valence-corrected chi connectivity index (χ2v) is 9.48. The highest BCUT2D eigenvalue weighted by atomic mass is 32.2. The fourth-order valence-electron chi connectivity index (χ4n) is 4.50. The first-order valence-electron chi connectivity index (χ1n) is 11.5. The van der Waals surface area contributed by atoms with Crippen LogP contribution in [0.25, 0.3) is 22.4 Å². The van der Waals surface area contributed by atoms with Crippen LogP contribution in [0.15, 0.2) is 52.4 Å². The molecule has 1 amide bonds. The van der Waals surface area contributed by atoms with Gasteiger partial charge in [-0.25, -0.2) is 4.57 Å². The lowest BCUT2D eigenvalue weighted by atomic mass is 10.2. The maximum Gasteiger partial charge on any atom is 0.267 e. The third-order valence-electron chi connectivity index (χ3n) is 6.25. The number of hydrogen-bond donors (Lipinski definition) is 0. The van der Waals surface area contributed by atoms with Crippen molar-refractivity contribution in [2.75, 3.05) is 26.0 Å². The first kappa shape index (κ1) is 22.5. The number of nitrogens with zero attached hydrogens (tertiary/aromatic N) is 5. The van der Waals surface area contributed by atoms with E-state index in [2.05, 4.69) is 10.2 Å². The quantitative estimate of drug-likeness (QED) is 0.406. The van der Waals surface area contributed by atoms with E-state index >= 15 is 0 Å². The lowest BCUT2D eigenvalue weighted by molar-refractivity contribution is -0.128. The predicted octanol–water partition coefficient (Wildman–Crippen LogP) is 3.85. The Hall–Kier alpha value is -3.33. The van der Waals surface area contributed by atoms with Gasteiger partial charge in [-0.05, 0) is 49.6 Å². The lowest BCUT2D eigenvalue weighted by Gasteiger charge is -2.19. The highest BCUT2D eigenvalue weighted by molar-refractivity contribution is 7.99. The molecule has 0 bridgehead atoms. The number of benzene rings is 2. The van der Waals surface area contributed by atoms with Crippen molar-refractivity contribution in [2.45, 2.75) is 37.8 Å².